The summed E-state index contributed by atoms with van der Waals surface area (Å²) in [5.74, 6) is 0. The second-order valence-corrected chi connectivity index (χ2v) is 3.38. The van der Waals surface area contributed by atoms with Crippen LogP contribution in [0.1, 0.15) is 40.1 Å². The summed E-state index contributed by atoms with van der Waals surface area (Å²) in [5, 5.41) is 0. The van der Waals surface area contributed by atoms with E-state index >= 15 is 0 Å². The maximum Gasteiger partial charge on any atom is 0.0409 e. The van der Waals surface area contributed by atoms with E-state index in [1.807, 2.05) is 19.9 Å². The molecule has 13 heavy (non-hydrogen) atoms. The molecule has 74 valence electrons. The van der Waals surface area contributed by atoms with Gasteiger partial charge in [-0.1, -0.05) is 44.2 Å². The maximum atomic E-state index is 6.12. The van der Waals surface area contributed by atoms with Crippen LogP contribution in [-0.2, 0) is 5.54 Å². The van der Waals surface area contributed by atoms with Gasteiger partial charge in [0.05, 0.1) is 0 Å². The molecule has 0 radical (unpaired) electrons. The molecule has 1 aromatic carbocycles. The minimum atomic E-state index is 0. The maximum absolute atomic E-state index is 6.12. The smallest absolute Gasteiger partial charge is 0.0409 e. The highest BCUT2D eigenvalue weighted by Crippen LogP contribution is 2.38. The first-order chi connectivity index (χ1) is 6.31. The third-order valence-electron chi connectivity index (χ3n) is 2.59. The molecule has 0 amide bonds. The molecule has 0 atom stereocenters. The Morgan fingerprint density at radius 1 is 1.15 bits per heavy atom. The molecule has 0 spiro atoms. The second kappa shape index (κ2) is 4.43. The van der Waals surface area contributed by atoms with Crippen molar-refractivity contribution in [3.05, 3.63) is 35.9 Å². The topological polar surface area (TPSA) is 26.0 Å². The molecule has 1 nitrogen and oxygen atoms in total. The summed E-state index contributed by atoms with van der Waals surface area (Å²) in [6.45, 7) is 4.00. The number of rotatable bonds is 1. The molecule has 0 aliphatic heterocycles. The Bertz CT molecular complexity index is 242. The lowest BCUT2D eigenvalue weighted by molar-refractivity contribution is 0.253. The molecule has 0 heterocycles. The Balaban J connectivity index is 0.000000531. The van der Waals surface area contributed by atoms with E-state index in [1.165, 1.54) is 12.0 Å². The minimum absolute atomic E-state index is 0. The van der Waals surface area contributed by atoms with Crippen molar-refractivity contribution in [2.24, 2.45) is 5.73 Å². The molecule has 2 rings (SSSR count). The first-order valence-corrected chi connectivity index (χ1v) is 5.16. The lowest BCUT2D eigenvalue weighted by Gasteiger charge is -2.38. The van der Waals surface area contributed by atoms with E-state index in [0.717, 1.165) is 12.8 Å². The van der Waals surface area contributed by atoms with Crippen LogP contribution in [0.3, 0.4) is 0 Å². The quantitative estimate of drug-likeness (QED) is 0.703. The Morgan fingerprint density at radius 3 is 2.08 bits per heavy atom. The average molecular weight is 179 g/mol. The van der Waals surface area contributed by atoms with Crippen LogP contribution in [0, 0.1) is 0 Å². The van der Waals surface area contributed by atoms with Crippen LogP contribution in [0.2, 0.25) is 0 Å². The Hall–Kier alpha value is -0.820. The Kier molecular flexibility index (Phi) is 3.49. The van der Waals surface area contributed by atoms with Gasteiger partial charge in [0.2, 0.25) is 0 Å². The number of nitrogens with two attached hydrogens (primary N) is 1. The third kappa shape index (κ3) is 2.10. The van der Waals surface area contributed by atoms with E-state index in [4.69, 9.17) is 5.73 Å². The van der Waals surface area contributed by atoms with Crippen molar-refractivity contribution in [2.45, 2.75) is 38.6 Å². The van der Waals surface area contributed by atoms with Gasteiger partial charge in [-0.15, -0.1) is 0 Å². The van der Waals surface area contributed by atoms with Crippen molar-refractivity contribution in [1.29, 1.82) is 0 Å². The van der Waals surface area contributed by atoms with Gasteiger partial charge >= 0.3 is 0 Å². The molecule has 0 saturated heterocycles. The van der Waals surface area contributed by atoms with Crippen molar-refractivity contribution in [2.75, 3.05) is 0 Å². The van der Waals surface area contributed by atoms with Gasteiger partial charge < -0.3 is 5.73 Å². The van der Waals surface area contributed by atoms with Gasteiger partial charge in [0, 0.05) is 6.97 Å². The Morgan fingerprint density at radius 2 is 1.69 bits per heavy atom. The lowest BCUT2D eigenvalue weighted by Crippen LogP contribution is -2.43. The van der Waals surface area contributed by atoms with E-state index in [-0.39, 0.29) is 6.97 Å². The van der Waals surface area contributed by atoms with E-state index in [0.29, 0.717) is 0 Å². The summed E-state index contributed by atoms with van der Waals surface area (Å²) < 4.78 is 0. The zero-order valence-electron chi connectivity index (χ0n) is 8.59. The fourth-order valence-electron chi connectivity index (χ4n) is 1.62. The van der Waals surface area contributed by atoms with Crippen LogP contribution < -0.4 is 5.73 Å². The minimum Gasteiger partial charge on any atom is -0.321 e. The SMILES string of the molecule is CC.NC1(c2ccccc2)CCC1.[HH]. The second-order valence-electron chi connectivity index (χ2n) is 3.38. The first kappa shape index (κ1) is 10.3. The summed E-state index contributed by atoms with van der Waals surface area (Å²) in [6, 6.07) is 10.4. The molecular weight excluding hydrogens is 158 g/mol. The summed E-state index contributed by atoms with van der Waals surface area (Å²) in [5.41, 5.74) is 7.44. The van der Waals surface area contributed by atoms with Crippen LogP contribution in [-0.4, -0.2) is 0 Å². The molecule has 1 aliphatic carbocycles. The molecule has 0 bridgehead atoms. The number of hydrogen-bond donors (Lipinski definition) is 1. The van der Waals surface area contributed by atoms with E-state index in [1.54, 1.807) is 0 Å². The number of hydrogen-bond acceptors (Lipinski definition) is 1. The van der Waals surface area contributed by atoms with Gasteiger partial charge in [-0.25, -0.2) is 0 Å². The van der Waals surface area contributed by atoms with Gasteiger partial charge in [0.25, 0.3) is 0 Å². The standard InChI is InChI=1S/C10H13N.C2H6.H2/c11-10(7-4-8-10)9-5-2-1-3-6-9;1-2;/h1-3,5-6H,4,7-8,11H2;1-2H3;1H. The van der Waals surface area contributed by atoms with Crippen molar-refractivity contribution in [1.82, 2.24) is 0 Å². The highest BCUT2D eigenvalue weighted by Gasteiger charge is 2.33. The molecule has 2 N–H and O–H groups in total. The molecule has 1 heteroatoms. The summed E-state index contributed by atoms with van der Waals surface area (Å²) in [6.07, 6.45) is 3.58. The molecule has 0 unspecified atom stereocenters. The monoisotopic (exact) mass is 179 g/mol. The summed E-state index contributed by atoms with van der Waals surface area (Å²) in [4.78, 5) is 0. The molecule has 1 saturated carbocycles. The normalized spacial score (nSPS) is 18.1. The van der Waals surface area contributed by atoms with Gasteiger partial charge in [-0.3, -0.25) is 0 Å². The molecule has 1 aliphatic rings. The molecular formula is C12H21N. The zero-order chi connectivity index (χ0) is 9.73. The van der Waals surface area contributed by atoms with Crippen molar-refractivity contribution in [3.8, 4) is 0 Å². The van der Waals surface area contributed by atoms with Crippen LogP contribution >= 0.6 is 0 Å². The van der Waals surface area contributed by atoms with E-state index < -0.39 is 0 Å². The van der Waals surface area contributed by atoms with Crippen molar-refractivity contribution >= 4 is 0 Å². The summed E-state index contributed by atoms with van der Waals surface area (Å²) in [7, 11) is 0. The fourth-order valence-corrected chi connectivity index (χ4v) is 1.62. The van der Waals surface area contributed by atoms with Gasteiger partial charge in [-0.05, 0) is 24.8 Å². The zero-order valence-corrected chi connectivity index (χ0v) is 8.59. The third-order valence-corrected chi connectivity index (χ3v) is 2.59. The van der Waals surface area contributed by atoms with Gasteiger partial charge in [-0.2, -0.15) is 0 Å². The van der Waals surface area contributed by atoms with Gasteiger partial charge in [0.15, 0.2) is 0 Å². The molecule has 1 aromatic rings. The first-order valence-electron chi connectivity index (χ1n) is 5.16. The van der Waals surface area contributed by atoms with Crippen LogP contribution in [0.4, 0.5) is 0 Å². The predicted octanol–water partition coefficient (Wildman–Crippen LogP) is 3.30. The largest absolute Gasteiger partial charge is 0.321 e. The lowest BCUT2D eigenvalue weighted by atomic mass is 9.73. The van der Waals surface area contributed by atoms with Gasteiger partial charge in [0.1, 0.15) is 0 Å². The number of benzene rings is 1. The van der Waals surface area contributed by atoms with Crippen molar-refractivity contribution < 1.29 is 1.43 Å². The van der Waals surface area contributed by atoms with Crippen LogP contribution in [0.15, 0.2) is 30.3 Å². The summed E-state index contributed by atoms with van der Waals surface area (Å²) >= 11 is 0. The highest BCUT2D eigenvalue weighted by molar-refractivity contribution is 5.25. The van der Waals surface area contributed by atoms with Crippen LogP contribution in [0.25, 0.3) is 0 Å². The molecule has 1 fully saturated rings. The molecule has 0 aromatic heterocycles. The van der Waals surface area contributed by atoms with E-state index in [9.17, 15) is 0 Å². The van der Waals surface area contributed by atoms with Crippen molar-refractivity contribution in [3.63, 3.8) is 0 Å². The van der Waals surface area contributed by atoms with E-state index in [2.05, 4.69) is 24.3 Å². The Labute approximate surface area is 82.4 Å². The van der Waals surface area contributed by atoms with Crippen LogP contribution in [0.5, 0.6) is 0 Å². The predicted molar refractivity (Wildman–Crippen MR) is 59.6 cm³/mol. The fraction of sp³-hybridized carbons (Fsp3) is 0.500. The highest BCUT2D eigenvalue weighted by atomic mass is 14.8. The average Bonchev–Trinajstić information content (AvgIpc) is 2.19.